The lowest BCUT2D eigenvalue weighted by molar-refractivity contribution is -0.119. The number of piperazine rings is 1. The molecule has 1 aromatic heterocycles. The van der Waals surface area contributed by atoms with Crippen molar-refractivity contribution < 1.29 is 9.53 Å². The number of carbonyl (C=O) groups is 1. The number of nitrogens with one attached hydrogen (secondary N) is 1. The number of unbranched alkanes of at least 4 members (excludes halogenated alkanes) is 1. The van der Waals surface area contributed by atoms with Crippen molar-refractivity contribution in [1.82, 2.24) is 14.8 Å². The Bertz CT molecular complexity index is 1100. The van der Waals surface area contributed by atoms with Gasteiger partial charge in [-0.3, -0.25) is 4.79 Å². The van der Waals surface area contributed by atoms with E-state index in [0.29, 0.717) is 6.42 Å². The highest BCUT2D eigenvalue weighted by molar-refractivity contribution is 5.94. The van der Waals surface area contributed by atoms with Crippen molar-refractivity contribution in [3.05, 3.63) is 60.3 Å². The lowest BCUT2D eigenvalue weighted by Crippen LogP contribution is -2.48. The number of aromatic nitrogens is 1. The molecule has 1 aliphatic rings. The average Bonchev–Trinajstić information content (AvgIpc) is 3.34. The van der Waals surface area contributed by atoms with Gasteiger partial charge in [0.15, 0.2) is 0 Å². The standard InChI is InChI=1S/C31H44N4O2/c1-4-5-10-25(2)35(27-12-7-6-8-13-27)31(36)16-18-34-21-19-33(20-22-34)17-9-11-26-24-32-30-15-14-28(37-3)23-29(26)30/h6-8,12-15,23-25,32H,4-5,9-11,16-22H2,1-3H3. The molecule has 0 spiro atoms. The van der Waals surface area contributed by atoms with E-state index in [1.165, 1.54) is 16.5 Å². The Balaban J connectivity index is 1.21. The quantitative estimate of drug-likeness (QED) is 0.323. The van der Waals surface area contributed by atoms with Gasteiger partial charge in [-0.15, -0.1) is 0 Å². The van der Waals surface area contributed by atoms with Crippen LogP contribution in [0.5, 0.6) is 5.75 Å². The number of carbonyl (C=O) groups excluding carboxylic acids is 1. The summed E-state index contributed by atoms with van der Waals surface area (Å²) in [6.45, 7) is 10.6. The minimum Gasteiger partial charge on any atom is -0.497 e. The molecular formula is C31H44N4O2. The normalized spacial score (nSPS) is 15.6. The van der Waals surface area contributed by atoms with E-state index in [9.17, 15) is 4.79 Å². The number of hydrogen-bond donors (Lipinski definition) is 1. The van der Waals surface area contributed by atoms with Crippen LogP contribution in [0.25, 0.3) is 10.9 Å². The topological polar surface area (TPSA) is 51.8 Å². The third-order valence-electron chi connectivity index (χ3n) is 7.72. The summed E-state index contributed by atoms with van der Waals surface area (Å²) in [6.07, 6.45) is 8.27. The van der Waals surface area contributed by atoms with Crippen LogP contribution < -0.4 is 9.64 Å². The Morgan fingerprint density at radius 2 is 1.76 bits per heavy atom. The van der Waals surface area contributed by atoms with Crippen LogP contribution in [-0.2, 0) is 11.2 Å². The summed E-state index contributed by atoms with van der Waals surface area (Å²) in [7, 11) is 1.72. The van der Waals surface area contributed by atoms with E-state index < -0.39 is 0 Å². The van der Waals surface area contributed by atoms with Gasteiger partial charge in [-0.25, -0.2) is 0 Å². The van der Waals surface area contributed by atoms with Crippen LogP contribution in [0.2, 0.25) is 0 Å². The summed E-state index contributed by atoms with van der Waals surface area (Å²) >= 11 is 0. The molecule has 1 fully saturated rings. The molecular weight excluding hydrogens is 460 g/mol. The molecule has 1 atom stereocenters. The van der Waals surface area contributed by atoms with E-state index in [2.05, 4.69) is 59.1 Å². The molecule has 200 valence electrons. The SMILES string of the molecule is CCCCC(C)N(C(=O)CCN1CCN(CCCc2c[nH]c3ccc(OC)cc23)CC1)c1ccccc1. The minimum atomic E-state index is 0.227. The number of methoxy groups -OCH3 is 1. The van der Waals surface area contributed by atoms with Gasteiger partial charge in [0, 0.05) is 68.0 Å². The zero-order valence-corrected chi connectivity index (χ0v) is 22.9. The maximum atomic E-state index is 13.3. The van der Waals surface area contributed by atoms with Crippen molar-refractivity contribution in [3.63, 3.8) is 0 Å². The van der Waals surface area contributed by atoms with Crippen LogP contribution in [-0.4, -0.2) is 73.1 Å². The number of H-pyrrole nitrogens is 1. The van der Waals surface area contributed by atoms with E-state index in [1.54, 1.807) is 7.11 Å². The fourth-order valence-electron chi connectivity index (χ4n) is 5.46. The summed E-state index contributed by atoms with van der Waals surface area (Å²) < 4.78 is 5.40. The number of nitrogens with zero attached hydrogens (tertiary/aromatic N) is 3. The third-order valence-corrected chi connectivity index (χ3v) is 7.72. The second kappa shape index (κ2) is 13.6. The van der Waals surface area contributed by atoms with Gasteiger partial charge in [-0.2, -0.15) is 0 Å². The third kappa shape index (κ3) is 7.36. The van der Waals surface area contributed by atoms with Crippen LogP contribution in [0.15, 0.2) is 54.7 Å². The first-order chi connectivity index (χ1) is 18.1. The second-order valence-corrected chi connectivity index (χ2v) is 10.4. The van der Waals surface area contributed by atoms with Gasteiger partial charge in [0.05, 0.1) is 7.11 Å². The summed E-state index contributed by atoms with van der Waals surface area (Å²) in [5.41, 5.74) is 3.56. The molecule has 3 aromatic rings. The number of aryl methyl sites for hydroxylation is 1. The first kappa shape index (κ1) is 27.2. The maximum Gasteiger partial charge on any atom is 0.228 e. The first-order valence-corrected chi connectivity index (χ1v) is 14.0. The Morgan fingerprint density at radius 1 is 1.03 bits per heavy atom. The smallest absolute Gasteiger partial charge is 0.228 e. The highest BCUT2D eigenvalue weighted by atomic mass is 16.5. The lowest BCUT2D eigenvalue weighted by Gasteiger charge is -2.35. The molecule has 2 aromatic carbocycles. The predicted molar refractivity (Wildman–Crippen MR) is 154 cm³/mol. The number of amides is 1. The highest BCUT2D eigenvalue weighted by Gasteiger charge is 2.23. The molecule has 1 amide bonds. The lowest BCUT2D eigenvalue weighted by atomic mass is 10.1. The number of anilines is 1. The summed E-state index contributed by atoms with van der Waals surface area (Å²) in [6, 6.07) is 16.6. The van der Waals surface area contributed by atoms with E-state index in [0.717, 1.165) is 82.8 Å². The van der Waals surface area contributed by atoms with Gasteiger partial charge in [-0.05, 0) is 68.6 Å². The number of benzene rings is 2. The molecule has 0 radical (unpaired) electrons. The molecule has 6 nitrogen and oxygen atoms in total. The minimum absolute atomic E-state index is 0.227. The molecule has 0 bridgehead atoms. The van der Waals surface area contributed by atoms with E-state index >= 15 is 0 Å². The van der Waals surface area contributed by atoms with E-state index in [-0.39, 0.29) is 11.9 Å². The van der Waals surface area contributed by atoms with Gasteiger partial charge in [0.25, 0.3) is 0 Å². The predicted octanol–water partition coefficient (Wildman–Crippen LogP) is 5.73. The van der Waals surface area contributed by atoms with Gasteiger partial charge < -0.3 is 24.4 Å². The second-order valence-electron chi connectivity index (χ2n) is 10.4. The van der Waals surface area contributed by atoms with Crippen molar-refractivity contribution in [2.45, 2.75) is 58.4 Å². The monoisotopic (exact) mass is 504 g/mol. The summed E-state index contributed by atoms with van der Waals surface area (Å²) in [5, 5.41) is 1.27. The molecule has 1 aliphatic heterocycles. The van der Waals surface area contributed by atoms with Gasteiger partial charge in [0.1, 0.15) is 5.75 Å². The van der Waals surface area contributed by atoms with Crippen molar-refractivity contribution in [3.8, 4) is 5.75 Å². The number of fused-ring (bicyclic) bond motifs is 1. The number of rotatable bonds is 13. The van der Waals surface area contributed by atoms with E-state index in [4.69, 9.17) is 4.74 Å². The molecule has 1 unspecified atom stereocenters. The zero-order chi connectivity index (χ0) is 26.0. The summed E-state index contributed by atoms with van der Waals surface area (Å²) in [4.78, 5) is 23.8. The van der Waals surface area contributed by atoms with Crippen molar-refractivity contribution in [2.75, 3.05) is 51.3 Å². The van der Waals surface area contributed by atoms with Crippen LogP contribution in [0.1, 0.15) is 51.5 Å². The first-order valence-electron chi connectivity index (χ1n) is 14.0. The Labute approximate surface area is 222 Å². The van der Waals surface area contributed by atoms with Crippen LogP contribution in [0.3, 0.4) is 0 Å². The van der Waals surface area contributed by atoms with Crippen LogP contribution >= 0.6 is 0 Å². The fraction of sp³-hybridized carbons (Fsp3) is 0.516. The molecule has 1 N–H and O–H groups in total. The molecule has 0 aliphatic carbocycles. The van der Waals surface area contributed by atoms with Gasteiger partial charge >= 0.3 is 0 Å². The maximum absolute atomic E-state index is 13.3. The average molecular weight is 505 g/mol. The Morgan fingerprint density at radius 3 is 2.46 bits per heavy atom. The number of ether oxygens (including phenoxy) is 1. The number of para-hydroxylation sites is 1. The summed E-state index contributed by atoms with van der Waals surface area (Å²) in [5.74, 6) is 1.15. The molecule has 6 heteroatoms. The van der Waals surface area contributed by atoms with Gasteiger partial charge in [-0.1, -0.05) is 38.0 Å². The molecule has 4 rings (SSSR count). The molecule has 2 heterocycles. The van der Waals surface area contributed by atoms with Crippen molar-refractivity contribution in [1.29, 1.82) is 0 Å². The number of hydrogen-bond acceptors (Lipinski definition) is 4. The molecule has 37 heavy (non-hydrogen) atoms. The van der Waals surface area contributed by atoms with Crippen molar-refractivity contribution >= 4 is 22.5 Å². The molecule has 1 saturated heterocycles. The fourth-order valence-corrected chi connectivity index (χ4v) is 5.46. The largest absolute Gasteiger partial charge is 0.497 e. The van der Waals surface area contributed by atoms with E-state index in [1.807, 2.05) is 29.2 Å². The highest BCUT2D eigenvalue weighted by Crippen LogP contribution is 2.25. The zero-order valence-electron chi connectivity index (χ0n) is 22.9. The molecule has 0 saturated carbocycles. The van der Waals surface area contributed by atoms with Gasteiger partial charge in [0.2, 0.25) is 5.91 Å². The Hall–Kier alpha value is -2.83. The Kier molecular flexibility index (Phi) is 10.0. The van der Waals surface area contributed by atoms with Crippen LogP contribution in [0, 0.1) is 0 Å². The number of aromatic amines is 1. The van der Waals surface area contributed by atoms with Crippen molar-refractivity contribution in [2.24, 2.45) is 0 Å². The van der Waals surface area contributed by atoms with Crippen LogP contribution in [0.4, 0.5) is 5.69 Å².